The Balaban J connectivity index is 1.24. The van der Waals surface area contributed by atoms with Crippen molar-refractivity contribution in [3.63, 3.8) is 0 Å². The number of benzene rings is 8. The van der Waals surface area contributed by atoms with Gasteiger partial charge in [-0.3, -0.25) is 13.9 Å². The molecule has 0 amide bonds. The predicted octanol–water partition coefficient (Wildman–Crippen LogP) is 11.9. The molecular weight excluding hydrogens is 699 g/mol. The molecule has 0 aliphatic carbocycles. The van der Waals surface area contributed by atoms with Crippen molar-refractivity contribution in [3.8, 4) is 28.6 Å². The van der Waals surface area contributed by atoms with E-state index >= 15 is 4.79 Å². The molecule has 0 unspecified atom stereocenters. The summed E-state index contributed by atoms with van der Waals surface area (Å²) in [5, 5.41) is 7.89. The van der Waals surface area contributed by atoms with Crippen molar-refractivity contribution in [3.05, 3.63) is 198 Å². The van der Waals surface area contributed by atoms with Gasteiger partial charge < -0.3 is 4.57 Å². The average molecular weight is 730 g/mol. The number of pyridine rings is 1. The molecule has 266 valence electrons. The molecule has 57 heavy (non-hydrogen) atoms. The van der Waals surface area contributed by atoms with E-state index < -0.39 is 0 Å². The second-order valence-corrected chi connectivity index (χ2v) is 14.6. The van der Waals surface area contributed by atoms with Crippen LogP contribution in [0.4, 0.5) is 0 Å². The number of aromatic nitrogens is 5. The SMILES string of the molecule is O=c1c2cc3c(cc2c2cc4c5ccccc5n(-c5ccccc5)c4cc2n1-c1ccccc1)c1ccccc1n3-c1nc(-c2ccccc2)c2ccccc2n1. The van der Waals surface area contributed by atoms with E-state index in [9.17, 15) is 0 Å². The maximum absolute atomic E-state index is 15.2. The lowest BCUT2D eigenvalue weighted by Crippen LogP contribution is -2.19. The summed E-state index contributed by atoms with van der Waals surface area (Å²) in [5.41, 5.74) is 9.35. The van der Waals surface area contributed by atoms with Crippen molar-refractivity contribution in [1.29, 1.82) is 0 Å². The zero-order chi connectivity index (χ0) is 37.6. The van der Waals surface area contributed by atoms with Crippen molar-refractivity contribution in [2.75, 3.05) is 0 Å². The molecule has 0 saturated carbocycles. The smallest absolute Gasteiger partial charge is 0.263 e. The first-order valence-corrected chi connectivity index (χ1v) is 19.1. The number of hydrogen-bond donors (Lipinski definition) is 0. The normalized spacial score (nSPS) is 11.9. The largest absolute Gasteiger partial charge is 0.309 e. The van der Waals surface area contributed by atoms with E-state index in [-0.39, 0.29) is 5.56 Å². The van der Waals surface area contributed by atoms with Crippen LogP contribution in [0.2, 0.25) is 0 Å². The minimum atomic E-state index is -0.0893. The number of rotatable bonds is 4. The molecule has 0 N–H and O–H groups in total. The van der Waals surface area contributed by atoms with Crippen LogP contribution in [0.1, 0.15) is 0 Å². The van der Waals surface area contributed by atoms with Gasteiger partial charge >= 0.3 is 0 Å². The van der Waals surface area contributed by atoms with E-state index in [2.05, 4.69) is 118 Å². The van der Waals surface area contributed by atoms with Crippen LogP contribution in [0.3, 0.4) is 0 Å². The fourth-order valence-electron chi connectivity index (χ4n) is 8.93. The Labute approximate surface area is 325 Å². The molecule has 0 spiro atoms. The van der Waals surface area contributed by atoms with Crippen molar-refractivity contribution in [2.45, 2.75) is 0 Å². The lowest BCUT2D eigenvalue weighted by Gasteiger charge is -2.16. The Kier molecular flexibility index (Phi) is 6.68. The summed E-state index contributed by atoms with van der Waals surface area (Å²) >= 11 is 0. The number of para-hydroxylation sites is 5. The average Bonchev–Trinajstić information content (AvgIpc) is 3.78. The molecule has 0 atom stereocenters. The fourth-order valence-corrected chi connectivity index (χ4v) is 8.93. The Hall–Kier alpha value is -7.83. The zero-order valence-corrected chi connectivity index (χ0v) is 30.5. The molecule has 8 aromatic carbocycles. The van der Waals surface area contributed by atoms with Gasteiger partial charge in [-0.25, -0.2) is 9.97 Å². The molecular formula is C51H31N5O. The Bertz CT molecular complexity index is 3640. The first kappa shape index (κ1) is 31.5. The lowest BCUT2D eigenvalue weighted by molar-refractivity contribution is 1.01. The molecule has 0 bridgehead atoms. The lowest BCUT2D eigenvalue weighted by atomic mass is 10.0. The summed E-state index contributed by atoms with van der Waals surface area (Å²) in [7, 11) is 0. The van der Waals surface area contributed by atoms with Gasteiger partial charge in [-0.15, -0.1) is 0 Å². The van der Waals surface area contributed by atoms with Gasteiger partial charge in [-0.05, 0) is 72.1 Å². The molecule has 0 fully saturated rings. The second kappa shape index (κ2) is 12.1. The third-order valence-corrected chi connectivity index (χ3v) is 11.4. The molecule has 0 aliphatic heterocycles. The van der Waals surface area contributed by atoms with Crippen LogP contribution in [0, 0.1) is 0 Å². The highest BCUT2D eigenvalue weighted by molar-refractivity contribution is 6.21. The second-order valence-electron chi connectivity index (χ2n) is 14.6. The van der Waals surface area contributed by atoms with Crippen LogP contribution >= 0.6 is 0 Å². The standard InChI is InChI=1S/C51H31N5O/c57-50-42-30-46-39(36-23-12-15-27-45(36)56(46)51-52-43-25-13-10-24-37(43)49(53-51)32-16-4-1-5-17-32)28-38(42)41-29-40-35-22-11-14-26-44(35)54(33-18-6-2-7-19-33)47(40)31-48(41)55(50)34-20-8-3-9-21-34/h1-31H. The summed E-state index contributed by atoms with van der Waals surface area (Å²) in [6.45, 7) is 0. The van der Waals surface area contributed by atoms with E-state index in [4.69, 9.17) is 9.97 Å². The molecule has 0 radical (unpaired) electrons. The maximum Gasteiger partial charge on any atom is 0.263 e. The van der Waals surface area contributed by atoms with E-state index in [0.29, 0.717) is 11.3 Å². The van der Waals surface area contributed by atoms with Crippen LogP contribution in [0.15, 0.2) is 193 Å². The van der Waals surface area contributed by atoms with Crippen LogP contribution in [-0.4, -0.2) is 23.7 Å². The van der Waals surface area contributed by atoms with Crippen molar-refractivity contribution in [2.24, 2.45) is 0 Å². The third kappa shape index (κ3) is 4.61. The van der Waals surface area contributed by atoms with Crippen LogP contribution < -0.4 is 5.56 Å². The van der Waals surface area contributed by atoms with Gasteiger partial charge in [0, 0.05) is 49.3 Å². The molecule has 12 rings (SSSR count). The van der Waals surface area contributed by atoms with E-state index in [0.717, 1.165) is 93.4 Å². The van der Waals surface area contributed by atoms with Gasteiger partial charge in [0.05, 0.1) is 44.2 Å². The summed E-state index contributed by atoms with van der Waals surface area (Å²) in [4.78, 5) is 25.7. The number of hydrogen-bond acceptors (Lipinski definition) is 3. The Morgan fingerprint density at radius 1 is 0.333 bits per heavy atom. The van der Waals surface area contributed by atoms with Gasteiger partial charge in [0.1, 0.15) is 0 Å². The molecule has 4 aromatic heterocycles. The minimum absolute atomic E-state index is 0.0893. The number of nitrogens with zero attached hydrogens (tertiary/aromatic N) is 5. The monoisotopic (exact) mass is 729 g/mol. The van der Waals surface area contributed by atoms with E-state index in [1.165, 1.54) is 0 Å². The highest BCUT2D eigenvalue weighted by atomic mass is 16.1. The highest BCUT2D eigenvalue weighted by Crippen LogP contribution is 2.40. The van der Waals surface area contributed by atoms with Crippen molar-refractivity contribution >= 4 is 76.2 Å². The summed E-state index contributed by atoms with van der Waals surface area (Å²) in [5.74, 6) is 0.553. The number of fused-ring (bicyclic) bond motifs is 10. The molecule has 6 nitrogen and oxygen atoms in total. The van der Waals surface area contributed by atoms with Gasteiger partial charge in [0.15, 0.2) is 0 Å². The predicted molar refractivity (Wildman–Crippen MR) is 234 cm³/mol. The van der Waals surface area contributed by atoms with Gasteiger partial charge in [0.2, 0.25) is 5.95 Å². The van der Waals surface area contributed by atoms with Gasteiger partial charge in [-0.1, -0.05) is 121 Å². The summed E-state index contributed by atoms with van der Waals surface area (Å²) < 4.78 is 6.30. The van der Waals surface area contributed by atoms with Crippen LogP contribution in [-0.2, 0) is 0 Å². The van der Waals surface area contributed by atoms with Gasteiger partial charge in [0.25, 0.3) is 5.56 Å². The third-order valence-electron chi connectivity index (χ3n) is 11.4. The first-order valence-electron chi connectivity index (χ1n) is 19.1. The quantitative estimate of drug-likeness (QED) is 0.170. The van der Waals surface area contributed by atoms with Crippen LogP contribution in [0.25, 0.3) is 105 Å². The summed E-state index contributed by atoms with van der Waals surface area (Å²) in [6.07, 6.45) is 0. The molecule has 4 heterocycles. The molecule has 12 aromatic rings. The van der Waals surface area contributed by atoms with Gasteiger partial charge in [-0.2, -0.15) is 0 Å². The van der Waals surface area contributed by atoms with E-state index in [1.54, 1.807) is 0 Å². The Morgan fingerprint density at radius 3 is 1.51 bits per heavy atom. The zero-order valence-electron chi connectivity index (χ0n) is 30.5. The fraction of sp³-hybridized carbons (Fsp3) is 0. The molecule has 0 aliphatic rings. The topological polar surface area (TPSA) is 57.6 Å². The molecule has 6 heteroatoms. The minimum Gasteiger partial charge on any atom is -0.309 e. The highest BCUT2D eigenvalue weighted by Gasteiger charge is 2.22. The molecule has 0 saturated heterocycles. The summed E-state index contributed by atoms with van der Waals surface area (Å²) in [6, 6.07) is 64.5. The maximum atomic E-state index is 15.2. The van der Waals surface area contributed by atoms with E-state index in [1.807, 2.05) is 83.4 Å². The first-order chi connectivity index (χ1) is 28.2. The Morgan fingerprint density at radius 2 is 0.825 bits per heavy atom. The van der Waals surface area contributed by atoms with Crippen LogP contribution in [0.5, 0.6) is 0 Å². The van der Waals surface area contributed by atoms with Crippen molar-refractivity contribution in [1.82, 2.24) is 23.7 Å². The van der Waals surface area contributed by atoms with Crippen molar-refractivity contribution < 1.29 is 0 Å².